The van der Waals surface area contributed by atoms with Gasteiger partial charge in [-0.15, -0.1) is 0 Å². The Labute approximate surface area is 157 Å². The Morgan fingerprint density at radius 2 is 1.78 bits per heavy atom. The quantitative estimate of drug-likeness (QED) is 0.585. The van der Waals surface area contributed by atoms with Crippen molar-refractivity contribution < 1.29 is 4.79 Å². The molecule has 0 aliphatic carbocycles. The molecule has 0 aliphatic heterocycles. The van der Waals surface area contributed by atoms with E-state index in [2.05, 4.69) is 34.5 Å². The summed E-state index contributed by atoms with van der Waals surface area (Å²) >= 11 is 0. The molecule has 2 aromatic heterocycles. The Hall–Kier alpha value is -3.47. The second-order valence-corrected chi connectivity index (χ2v) is 6.69. The lowest BCUT2D eigenvalue weighted by molar-refractivity contribution is 0.102. The van der Waals surface area contributed by atoms with Gasteiger partial charge in [-0.25, -0.2) is 9.50 Å². The highest BCUT2D eigenvalue weighted by atomic mass is 16.1. The number of hydrogen-bond acceptors (Lipinski definition) is 3. The van der Waals surface area contributed by atoms with Crippen LogP contribution >= 0.6 is 0 Å². The van der Waals surface area contributed by atoms with E-state index in [1.807, 2.05) is 50.2 Å². The van der Waals surface area contributed by atoms with Crippen LogP contribution in [0.4, 0.5) is 5.69 Å². The first-order valence-corrected chi connectivity index (χ1v) is 8.82. The fraction of sp³-hybridized carbons (Fsp3) is 0.136. The highest BCUT2D eigenvalue weighted by Crippen LogP contribution is 2.23. The molecule has 4 aromatic rings. The highest BCUT2D eigenvalue weighted by Gasteiger charge is 2.17. The van der Waals surface area contributed by atoms with E-state index in [1.54, 1.807) is 16.9 Å². The number of hydrogen-bond donors (Lipinski definition) is 1. The summed E-state index contributed by atoms with van der Waals surface area (Å²) in [5, 5.41) is 7.39. The Morgan fingerprint density at radius 3 is 2.56 bits per heavy atom. The van der Waals surface area contributed by atoms with Gasteiger partial charge in [-0.3, -0.25) is 4.79 Å². The molecule has 0 spiro atoms. The standard InChI is InChI=1S/C22H20N4O/c1-14-7-9-17(10-8-14)20-11-12-23-21-18(13-24-26(20)21)22(27)25-19-6-4-5-15(2)16(19)3/h4-13H,1-3H3,(H,25,27). The molecule has 2 aromatic carbocycles. The third-order valence-corrected chi connectivity index (χ3v) is 4.85. The Balaban J connectivity index is 1.73. The summed E-state index contributed by atoms with van der Waals surface area (Å²) in [5.41, 5.74) is 7.08. The van der Waals surface area contributed by atoms with Crippen LogP contribution in [0.3, 0.4) is 0 Å². The maximum absolute atomic E-state index is 12.8. The van der Waals surface area contributed by atoms with Gasteiger partial charge >= 0.3 is 0 Å². The maximum atomic E-state index is 12.8. The van der Waals surface area contributed by atoms with Gasteiger partial charge < -0.3 is 5.32 Å². The summed E-state index contributed by atoms with van der Waals surface area (Å²) in [7, 11) is 0. The summed E-state index contributed by atoms with van der Waals surface area (Å²) < 4.78 is 1.71. The van der Waals surface area contributed by atoms with Crippen molar-refractivity contribution in [2.75, 3.05) is 5.32 Å². The Morgan fingerprint density at radius 1 is 1.00 bits per heavy atom. The molecule has 0 atom stereocenters. The van der Waals surface area contributed by atoms with Gasteiger partial charge in [0.05, 0.1) is 11.9 Å². The minimum atomic E-state index is -0.216. The van der Waals surface area contributed by atoms with E-state index in [1.165, 1.54) is 5.56 Å². The highest BCUT2D eigenvalue weighted by molar-refractivity contribution is 6.08. The number of carbonyl (C=O) groups is 1. The molecule has 2 heterocycles. The first-order valence-electron chi connectivity index (χ1n) is 8.82. The van der Waals surface area contributed by atoms with Gasteiger partial charge in [0.1, 0.15) is 5.56 Å². The largest absolute Gasteiger partial charge is 0.322 e. The normalized spacial score (nSPS) is 10.9. The number of amides is 1. The minimum Gasteiger partial charge on any atom is -0.322 e. The van der Waals surface area contributed by atoms with E-state index in [0.717, 1.165) is 28.1 Å². The monoisotopic (exact) mass is 356 g/mol. The van der Waals surface area contributed by atoms with Crippen molar-refractivity contribution in [3.63, 3.8) is 0 Å². The molecule has 5 nitrogen and oxygen atoms in total. The van der Waals surface area contributed by atoms with Crippen molar-refractivity contribution in [1.82, 2.24) is 14.6 Å². The molecule has 134 valence electrons. The summed E-state index contributed by atoms with van der Waals surface area (Å²) in [6.45, 7) is 6.07. The average Bonchev–Trinajstić information content (AvgIpc) is 3.10. The van der Waals surface area contributed by atoms with Crippen molar-refractivity contribution >= 4 is 17.2 Å². The van der Waals surface area contributed by atoms with E-state index in [0.29, 0.717) is 11.2 Å². The molecule has 0 saturated heterocycles. The van der Waals surface area contributed by atoms with Crippen molar-refractivity contribution in [2.45, 2.75) is 20.8 Å². The predicted octanol–water partition coefficient (Wildman–Crippen LogP) is 4.57. The first-order chi connectivity index (χ1) is 13.0. The SMILES string of the molecule is Cc1ccc(-c2ccnc3c(C(=O)Nc4cccc(C)c4C)cnn23)cc1. The second kappa shape index (κ2) is 6.68. The van der Waals surface area contributed by atoms with Crippen LogP contribution in [0, 0.1) is 20.8 Å². The van der Waals surface area contributed by atoms with Gasteiger partial charge in [0, 0.05) is 17.4 Å². The van der Waals surface area contributed by atoms with Gasteiger partial charge in [0.25, 0.3) is 5.91 Å². The zero-order valence-electron chi connectivity index (χ0n) is 15.5. The van der Waals surface area contributed by atoms with Gasteiger partial charge in [-0.1, -0.05) is 42.0 Å². The van der Waals surface area contributed by atoms with E-state index in [4.69, 9.17) is 0 Å². The predicted molar refractivity (Wildman–Crippen MR) is 107 cm³/mol. The van der Waals surface area contributed by atoms with Crippen LogP contribution < -0.4 is 5.32 Å². The Kier molecular flexibility index (Phi) is 4.20. The third-order valence-electron chi connectivity index (χ3n) is 4.85. The first kappa shape index (κ1) is 17.0. The topological polar surface area (TPSA) is 59.3 Å². The number of rotatable bonds is 3. The van der Waals surface area contributed by atoms with Crippen LogP contribution in [0.2, 0.25) is 0 Å². The number of anilines is 1. The molecule has 0 aliphatic rings. The number of fused-ring (bicyclic) bond motifs is 1. The maximum Gasteiger partial charge on any atom is 0.261 e. The molecular formula is C22H20N4O. The van der Waals surface area contributed by atoms with Crippen molar-refractivity contribution in [3.8, 4) is 11.3 Å². The molecule has 27 heavy (non-hydrogen) atoms. The lowest BCUT2D eigenvalue weighted by atomic mass is 10.1. The summed E-state index contributed by atoms with van der Waals surface area (Å²) in [5.74, 6) is -0.216. The van der Waals surface area contributed by atoms with Gasteiger partial charge in [-0.05, 0) is 44.0 Å². The lowest BCUT2D eigenvalue weighted by Gasteiger charge is -2.10. The summed E-state index contributed by atoms with van der Waals surface area (Å²) in [6.07, 6.45) is 3.28. The van der Waals surface area contributed by atoms with Gasteiger partial charge in [-0.2, -0.15) is 5.10 Å². The van der Waals surface area contributed by atoms with Crippen molar-refractivity contribution in [3.05, 3.63) is 83.2 Å². The minimum absolute atomic E-state index is 0.216. The molecule has 0 saturated carbocycles. The van der Waals surface area contributed by atoms with Gasteiger partial charge in [0.15, 0.2) is 5.65 Å². The molecule has 1 amide bonds. The van der Waals surface area contributed by atoms with E-state index >= 15 is 0 Å². The molecule has 4 rings (SSSR count). The fourth-order valence-corrected chi connectivity index (χ4v) is 3.07. The van der Waals surface area contributed by atoms with E-state index < -0.39 is 0 Å². The second-order valence-electron chi connectivity index (χ2n) is 6.69. The average molecular weight is 356 g/mol. The van der Waals surface area contributed by atoms with Crippen LogP contribution in [0.1, 0.15) is 27.0 Å². The van der Waals surface area contributed by atoms with Crippen LogP contribution in [-0.2, 0) is 0 Å². The zero-order chi connectivity index (χ0) is 19.0. The molecular weight excluding hydrogens is 336 g/mol. The fourth-order valence-electron chi connectivity index (χ4n) is 3.07. The molecule has 0 fully saturated rings. The summed E-state index contributed by atoms with van der Waals surface area (Å²) in [4.78, 5) is 17.2. The Bertz CT molecular complexity index is 1140. The number of carbonyl (C=O) groups excluding carboxylic acids is 1. The van der Waals surface area contributed by atoms with Crippen LogP contribution in [0.15, 0.2) is 60.9 Å². The zero-order valence-corrected chi connectivity index (χ0v) is 15.5. The van der Waals surface area contributed by atoms with Crippen LogP contribution in [0.25, 0.3) is 16.9 Å². The number of nitrogens with one attached hydrogen (secondary N) is 1. The van der Waals surface area contributed by atoms with Gasteiger partial charge in [0.2, 0.25) is 0 Å². The lowest BCUT2D eigenvalue weighted by Crippen LogP contribution is -2.13. The molecule has 0 unspecified atom stereocenters. The van der Waals surface area contributed by atoms with E-state index in [-0.39, 0.29) is 5.91 Å². The molecule has 5 heteroatoms. The van der Waals surface area contributed by atoms with Crippen LogP contribution in [0.5, 0.6) is 0 Å². The number of aromatic nitrogens is 3. The smallest absolute Gasteiger partial charge is 0.261 e. The molecule has 1 N–H and O–H groups in total. The number of aryl methyl sites for hydroxylation is 2. The molecule has 0 radical (unpaired) electrons. The number of benzene rings is 2. The van der Waals surface area contributed by atoms with Crippen molar-refractivity contribution in [1.29, 1.82) is 0 Å². The van der Waals surface area contributed by atoms with E-state index in [9.17, 15) is 4.79 Å². The summed E-state index contributed by atoms with van der Waals surface area (Å²) in [6, 6.07) is 16.0. The van der Waals surface area contributed by atoms with Crippen molar-refractivity contribution in [2.24, 2.45) is 0 Å². The number of nitrogens with zero attached hydrogens (tertiary/aromatic N) is 3. The van der Waals surface area contributed by atoms with Crippen LogP contribution in [-0.4, -0.2) is 20.5 Å². The molecule has 0 bridgehead atoms. The third kappa shape index (κ3) is 3.08.